The molecule has 0 N–H and O–H groups in total. The lowest BCUT2D eigenvalue weighted by Crippen LogP contribution is -2.01. The number of fused-ring (bicyclic) bond motifs is 6. The van der Waals surface area contributed by atoms with Crippen molar-refractivity contribution in [1.29, 1.82) is 0 Å². The average molecular weight is 457 g/mol. The Morgan fingerprint density at radius 2 is 1.71 bits per heavy atom. The number of imidazole rings is 1. The average Bonchev–Trinajstić information content (AvgIpc) is 3.29. The number of benzene rings is 3. The first kappa shape index (κ1) is 21.9. The maximum atomic E-state index is 5.02. The highest BCUT2D eigenvalue weighted by Crippen LogP contribution is 2.40. The minimum Gasteiger partial charge on any atom is -0.292 e. The van der Waals surface area contributed by atoms with Crippen molar-refractivity contribution in [2.45, 2.75) is 47.0 Å². The van der Waals surface area contributed by atoms with Crippen LogP contribution in [0, 0.1) is 12.8 Å². The highest BCUT2D eigenvalue weighted by atomic mass is 15.0. The van der Waals surface area contributed by atoms with Crippen molar-refractivity contribution in [2.75, 3.05) is 0 Å². The Morgan fingerprint density at radius 1 is 0.914 bits per heavy atom. The Hall–Kier alpha value is -3.65. The number of aromatic nitrogens is 2. The molecule has 2 heteroatoms. The summed E-state index contributed by atoms with van der Waals surface area (Å²) in [5, 5.41) is 3.78. The molecule has 35 heavy (non-hydrogen) atoms. The Balaban J connectivity index is 1.69. The van der Waals surface area contributed by atoms with Crippen LogP contribution in [0.1, 0.15) is 56.7 Å². The maximum absolute atomic E-state index is 5.02. The summed E-state index contributed by atoms with van der Waals surface area (Å²) >= 11 is 0. The molecule has 3 aromatic carbocycles. The number of allylic oxidation sites excluding steroid dienone is 4. The van der Waals surface area contributed by atoms with Gasteiger partial charge in [-0.3, -0.25) is 4.40 Å². The first-order valence-corrected chi connectivity index (χ1v) is 12.7. The zero-order valence-corrected chi connectivity index (χ0v) is 21.3. The van der Waals surface area contributed by atoms with Crippen LogP contribution in [0.2, 0.25) is 0 Å². The molecule has 0 saturated carbocycles. The summed E-state index contributed by atoms with van der Waals surface area (Å²) in [6.07, 6.45) is 7.97. The third-order valence-electron chi connectivity index (χ3n) is 7.62. The molecule has 1 aliphatic carbocycles. The number of pyridine rings is 1. The molecule has 6 rings (SSSR count). The van der Waals surface area contributed by atoms with Crippen molar-refractivity contribution in [3.8, 4) is 11.3 Å². The molecule has 1 unspecified atom stereocenters. The van der Waals surface area contributed by atoms with E-state index in [0.29, 0.717) is 11.8 Å². The smallest absolute Gasteiger partial charge is 0.145 e. The second kappa shape index (κ2) is 8.23. The van der Waals surface area contributed by atoms with Crippen molar-refractivity contribution in [3.05, 3.63) is 101 Å². The van der Waals surface area contributed by atoms with E-state index in [1.807, 2.05) is 0 Å². The highest BCUT2D eigenvalue weighted by molar-refractivity contribution is 6.17. The van der Waals surface area contributed by atoms with Crippen LogP contribution in [-0.4, -0.2) is 9.38 Å². The van der Waals surface area contributed by atoms with E-state index in [1.54, 1.807) is 0 Å². The molecule has 0 bridgehead atoms. The molecule has 2 nitrogen and oxygen atoms in total. The van der Waals surface area contributed by atoms with Gasteiger partial charge in [-0.1, -0.05) is 87.5 Å². The number of hydrogen-bond donors (Lipinski definition) is 0. The maximum Gasteiger partial charge on any atom is 0.145 e. The Labute approximate surface area is 207 Å². The van der Waals surface area contributed by atoms with Crippen LogP contribution in [0.15, 0.2) is 84.6 Å². The summed E-state index contributed by atoms with van der Waals surface area (Å²) < 4.78 is 2.36. The molecule has 1 aliphatic rings. The van der Waals surface area contributed by atoms with Crippen molar-refractivity contribution >= 4 is 32.9 Å². The lowest BCUT2D eigenvalue weighted by molar-refractivity contribution is 0.732. The van der Waals surface area contributed by atoms with Gasteiger partial charge in [0.05, 0.1) is 17.4 Å². The van der Waals surface area contributed by atoms with Crippen LogP contribution in [0.4, 0.5) is 0 Å². The van der Waals surface area contributed by atoms with Crippen molar-refractivity contribution in [1.82, 2.24) is 9.38 Å². The summed E-state index contributed by atoms with van der Waals surface area (Å²) in [6.45, 7) is 11.3. The number of hydrogen-bond acceptors (Lipinski definition) is 1. The number of rotatable bonds is 3. The van der Waals surface area contributed by atoms with E-state index < -0.39 is 0 Å². The standard InChI is InChI=1S/C33H32N2/c1-20(2)24-14-16-26(23(5)18-24)31-19-34-33-29-11-8-10-27(25-15-13-21(3)17-22(25)4)32(29)28-9-6-7-12-30(28)35(31)33/h6-12,14-21H,13H2,1-5H3. The largest absolute Gasteiger partial charge is 0.292 e. The van der Waals surface area contributed by atoms with Crippen molar-refractivity contribution in [2.24, 2.45) is 5.92 Å². The van der Waals surface area contributed by atoms with E-state index in [2.05, 4.69) is 118 Å². The van der Waals surface area contributed by atoms with Crippen molar-refractivity contribution < 1.29 is 0 Å². The van der Waals surface area contributed by atoms with Gasteiger partial charge in [-0.15, -0.1) is 0 Å². The van der Waals surface area contributed by atoms with Gasteiger partial charge in [-0.05, 0) is 66.0 Å². The van der Waals surface area contributed by atoms with Crippen molar-refractivity contribution in [3.63, 3.8) is 0 Å². The van der Waals surface area contributed by atoms with E-state index in [-0.39, 0.29) is 0 Å². The zero-order valence-electron chi connectivity index (χ0n) is 21.3. The molecular weight excluding hydrogens is 424 g/mol. The van der Waals surface area contributed by atoms with Crippen LogP contribution < -0.4 is 0 Å². The zero-order chi connectivity index (χ0) is 24.3. The second-order valence-electron chi connectivity index (χ2n) is 10.5. The van der Waals surface area contributed by atoms with Gasteiger partial charge in [0.1, 0.15) is 5.65 Å². The minimum absolute atomic E-state index is 0.516. The summed E-state index contributed by atoms with van der Waals surface area (Å²) in [4.78, 5) is 5.02. The topological polar surface area (TPSA) is 17.3 Å². The normalized spacial score (nSPS) is 16.3. The number of para-hydroxylation sites is 1. The van der Waals surface area contributed by atoms with E-state index in [9.17, 15) is 0 Å². The summed E-state index contributed by atoms with van der Waals surface area (Å²) in [5.74, 6) is 1.11. The fraction of sp³-hybridized carbons (Fsp3) is 0.242. The van der Waals surface area contributed by atoms with Gasteiger partial charge in [-0.2, -0.15) is 0 Å². The van der Waals surface area contributed by atoms with Crippen LogP contribution in [-0.2, 0) is 0 Å². The number of aryl methyl sites for hydroxylation is 1. The SMILES string of the molecule is CC1=CC(C)CC=C1c1cccc2c1c1ccccc1n1c(-c3ccc(C(C)C)cc3C)cnc21. The Bertz CT molecular complexity index is 1680. The van der Waals surface area contributed by atoms with E-state index >= 15 is 0 Å². The molecule has 0 aliphatic heterocycles. The molecule has 2 heterocycles. The van der Waals surface area contributed by atoms with Gasteiger partial charge >= 0.3 is 0 Å². The fourth-order valence-corrected chi connectivity index (χ4v) is 5.81. The van der Waals surface area contributed by atoms with Gasteiger partial charge in [0.15, 0.2) is 0 Å². The first-order chi connectivity index (χ1) is 16.9. The number of nitrogens with zero attached hydrogens (tertiary/aromatic N) is 2. The second-order valence-corrected chi connectivity index (χ2v) is 10.5. The van der Waals surface area contributed by atoms with E-state index in [1.165, 1.54) is 55.1 Å². The molecule has 0 fully saturated rings. The van der Waals surface area contributed by atoms with Crippen LogP contribution in [0.3, 0.4) is 0 Å². The fourth-order valence-electron chi connectivity index (χ4n) is 5.81. The van der Waals surface area contributed by atoms with Crippen LogP contribution >= 0.6 is 0 Å². The van der Waals surface area contributed by atoms with E-state index in [0.717, 1.165) is 17.8 Å². The predicted octanol–water partition coefficient (Wildman–Crippen LogP) is 9.11. The molecule has 174 valence electrons. The lowest BCUT2D eigenvalue weighted by Gasteiger charge is -2.20. The first-order valence-electron chi connectivity index (χ1n) is 12.7. The molecule has 5 aromatic rings. The highest BCUT2D eigenvalue weighted by Gasteiger charge is 2.20. The Kier molecular flexibility index (Phi) is 5.14. The molecule has 0 radical (unpaired) electrons. The monoisotopic (exact) mass is 456 g/mol. The Morgan fingerprint density at radius 3 is 2.49 bits per heavy atom. The summed E-state index contributed by atoms with van der Waals surface area (Å²) in [5.41, 5.74) is 11.3. The van der Waals surface area contributed by atoms with Crippen LogP contribution in [0.5, 0.6) is 0 Å². The van der Waals surface area contributed by atoms with Gasteiger partial charge < -0.3 is 0 Å². The molecule has 0 spiro atoms. The van der Waals surface area contributed by atoms with Gasteiger partial charge in [0, 0.05) is 21.7 Å². The molecule has 2 aromatic heterocycles. The molecular formula is C33H32N2. The summed E-state index contributed by atoms with van der Waals surface area (Å²) in [6, 6.07) is 22.4. The van der Waals surface area contributed by atoms with Gasteiger partial charge in [0.25, 0.3) is 0 Å². The third kappa shape index (κ3) is 3.43. The quantitative estimate of drug-likeness (QED) is 0.247. The lowest BCUT2D eigenvalue weighted by atomic mass is 9.86. The molecule has 1 atom stereocenters. The summed E-state index contributed by atoms with van der Waals surface area (Å²) in [7, 11) is 0. The minimum atomic E-state index is 0.516. The van der Waals surface area contributed by atoms with Gasteiger partial charge in [-0.25, -0.2) is 4.98 Å². The van der Waals surface area contributed by atoms with E-state index in [4.69, 9.17) is 4.98 Å². The van der Waals surface area contributed by atoms with Crippen LogP contribution in [0.25, 0.3) is 44.2 Å². The third-order valence-corrected chi connectivity index (χ3v) is 7.62. The molecule has 0 saturated heterocycles. The van der Waals surface area contributed by atoms with Gasteiger partial charge in [0.2, 0.25) is 0 Å². The predicted molar refractivity (Wildman–Crippen MR) is 150 cm³/mol. The molecule has 0 amide bonds.